The largest absolute Gasteiger partial charge is 0.497 e. The molecule has 0 heterocycles. The van der Waals surface area contributed by atoms with Gasteiger partial charge in [0, 0.05) is 18.2 Å². The third kappa shape index (κ3) is 3.55. The standard InChI is InChI=1S/C22H25NO2/c1-25-21-12-6-16(7-13-21)15-23(20-10-11-20)22(24)19-9-8-17-4-2-3-5-18(17)14-19/h6-9,12-14,20H,2-5,10-11,15H2,1H3. The highest BCUT2D eigenvalue weighted by Crippen LogP contribution is 2.31. The first-order chi connectivity index (χ1) is 12.2. The van der Waals surface area contributed by atoms with Crippen LogP contribution < -0.4 is 4.74 Å². The summed E-state index contributed by atoms with van der Waals surface area (Å²) in [6, 6.07) is 14.7. The molecule has 25 heavy (non-hydrogen) atoms. The molecule has 2 aliphatic carbocycles. The van der Waals surface area contributed by atoms with Crippen molar-refractivity contribution in [1.82, 2.24) is 4.90 Å². The van der Waals surface area contributed by atoms with Crippen LogP contribution in [0.5, 0.6) is 5.75 Å². The third-order valence-electron chi connectivity index (χ3n) is 5.36. The van der Waals surface area contributed by atoms with Crippen LogP contribution in [-0.2, 0) is 19.4 Å². The predicted octanol–water partition coefficient (Wildman–Crippen LogP) is 4.38. The quantitative estimate of drug-likeness (QED) is 0.811. The lowest BCUT2D eigenvalue weighted by atomic mass is 9.90. The number of ether oxygens (including phenoxy) is 1. The molecular weight excluding hydrogens is 310 g/mol. The number of hydrogen-bond acceptors (Lipinski definition) is 2. The van der Waals surface area contributed by atoms with E-state index in [1.54, 1.807) is 7.11 Å². The van der Waals surface area contributed by atoms with Crippen LogP contribution in [0.25, 0.3) is 0 Å². The van der Waals surface area contributed by atoms with E-state index >= 15 is 0 Å². The summed E-state index contributed by atoms with van der Waals surface area (Å²) in [5.74, 6) is 1.02. The molecule has 0 spiro atoms. The minimum absolute atomic E-state index is 0.173. The second kappa shape index (κ2) is 6.91. The van der Waals surface area contributed by atoms with Crippen LogP contribution >= 0.6 is 0 Å². The zero-order chi connectivity index (χ0) is 17.2. The first kappa shape index (κ1) is 16.2. The van der Waals surface area contributed by atoms with E-state index in [2.05, 4.69) is 12.1 Å². The van der Waals surface area contributed by atoms with Gasteiger partial charge in [-0.25, -0.2) is 0 Å². The van der Waals surface area contributed by atoms with Crippen molar-refractivity contribution in [1.29, 1.82) is 0 Å². The van der Waals surface area contributed by atoms with E-state index in [1.807, 2.05) is 35.2 Å². The molecule has 0 atom stereocenters. The Morgan fingerprint density at radius 3 is 2.44 bits per heavy atom. The van der Waals surface area contributed by atoms with E-state index in [4.69, 9.17) is 4.74 Å². The number of rotatable bonds is 5. The van der Waals surface area contributed by atoms with Crippen molar-refractivity contribution in [3.05, 3.63) is 64.7 Å². The fourth-order valence-electron chi connectivity index (χ4n) is 3.71. The summed E-state index contributed by atoms with van der Waals surface area (Å²) in [7, 11) is 1.67. The van der Waals surface area contributed by atoms with Gasteiger partial charge in [0.1, 0.15) is 5.75 Å². The topological polar surface area (TPSA) is 29.5 Å². The molecule has 0 aromatic heterocycles. The average molecular weight is 335 g/mol. The van der Waals surface area contributed by atoms with E-state index < -0.39 is 0 Å². The van der Waals surface area contributed by atoms with Crippen LogP contribution in [0.15, 0.2) is 42.5 Å². The van der Waals surface area contributed by atoms with Gasteiger partial charge in [0.05, 0.1) is 7.11 Å². The number of amides is 1. The zero-order valence-corrected chi connectivity index (χ0v) is 14.8. The molecule has 0 unspecified atom stereocenters. The number of aryl methyl sites for hydroxylation is 2. The van der Waals surface area contributed by atoms with Crippen molar-refractivity contribution in [2.45, 2.75) is 51.1 Å². The van der Waals surface area contributed by atoms with E-state index in [-0.39, 0.29) is 5.91 Å². The lowest BCUT2D eigenvalue weighted by Crippen LogP contribution is -2.32. The maximum atomic E-state index is 13.1. The summed E-state index contributed by atoms with van der Waals surface area (Å²) in [5, 5.41) is 0. The summed E-state index contributed by atoms with van der Waals surface area (Å²) in [5.41, 5.74) is 4.80. The molecule has 0 saturated heterocycles. The summed E-state index contributed by atoms with van der Waals surface area (Å²) < 4.78 is 5.22. The Morgan fingerprint density at radius 2 is 1.76 bits per heavy atom. The molecule has 2 aliphatic rings. The Labute approximate surface area is 149 Å². The molecule has 1 fully saturated rings. The van der Waals surface area contributed by atoms with Gasteiger partial charge >= 0.3 is 0 Å². The maximum absolute atomic E-state index is 13.1. The van der Waals surface area contributed by atoms with E-state index in [1.165, 1.54) is 24.0 Å². The minimum atomic E-state index is 0.173. The smallest absolute Gasteiger partial charge is 0.254 e. The molecule has 2 aromatic rings. The average Bonchev–Trinajstić information content (AvgIpc) is 3.51. The Balaban J connectivity index is 1.54. The van der Waals surface area contributed by atoms with Crippen molar-refractivity contribution in [2.24, 2.45) is 0 Å². The monoisotopic (exact) mass is 335 g/mol. The van der Waals surface area contributed by atoms with Crippen molar-refractivity contribution in [3.8, 4) is 5.75 Å². The molecule has 4 rings (SSSR count). The first-order valence-corrected chi connectivity index (χ1v) is 9.30. The molecule has 0 aliphatic heterocycles. The van der Waals surface area contributed by atoms with Gasteiger partial charge in [-0.3, -0.25) is 4.79 Å². The highest BCUT2D eigenvalue weighted by molar-refractivity contribution is 5.95. The van der Waals surface area contributed by atoms with Gasteiger partial charge in [-0.1, -0.05) is 18.2 Å². The number of benzene rings is 2. The number of carbonyl (C=O) groups is 1. The van der Waals surface area contributed by atoms with Gasteiger partial charge in [0.2, 0.25) is 0 Å². The molecule has 0 N–H and O–H groups in total. The van der Waals surface area contributed by atoms with Gasteiger partial charge in [-0.2, -0.15) is 0 Å². The molecular formula is C22H25NO2. The van der Waals surface area contributed by atoms with Crippen molar-refractivity contribution in [3.63, 3.8) is 0 Å². The lowest BCUT2D eigenvalue weighted by Gasteiger charge is -2.24. The van der Waals surface area contributed by atoms with Crippen molar-refractivity contribution < 1.29 is 9.53 Å². The number of fused-ring (bicyclic) bond motifs is 1. The number of carbonyl (C=O) groups excluding carboxylic acids is 1. The van der Waals surface area contributed by atoms with Gasteiger partial charge < -0.3 is 9.64 Å². The van der Waals surface area contributed by atoms with Crippen LogP contribution in [0.3, 0.4) is 0 Å². The summed E-state index contributed by atoms with van der Waals surface area (Å²) >= 11 is 0. The minimum Gasteiger partial charge on any atom is -0.497 e. The molecule has 0 radical (unpaired) electrons. The number of nitrogens with zero attached hydrogens (tertiary/aromatic N) is 1. The molecule has 0 bridgehead atoms. The van der Waals surface area contributed by atoms with Crippen molar-refractivity contribution in [2.75, 3.05) is 7.11 Å². The Bertz CT molecular complexity index is 762. The highest BCUT2D eigenvalue weighted by atomic mass is 16.5. The van der Waals surface area contributed by atoms with E-state index in [0.29, 0.717) is 12.6 Å². The second-order valence-electron chi connectivity index (χ2n) is 7.20. The van der Waals surface area contributed by atoms with Crippen LogP contribution in [0, 0.1) is 0 Å². The lowest BCUT2D eigenvalue weighted by molar-refractivity contribution is 0.0730. The Morgan fingerprint density at radius 1 is 1.04 bits per heavy atom. The zero-order valence-electron chi connectivity index (χ0n) is 14.8. The molecule has 1 amide bonds. The highest BCUT2D eigenvalue weighted by Gasteiger charge is 2.33. The van der Waals surface area contributed by atoms with Crippen LogP contribution in [0.1, 0.15) is 52.7 Å². The van der Waals surface area contributed by atoms with Crippen LogP contribution in [0.2, 0.25) is 0 Å². The van der Waals surface area contributed by atoms with E-state index in [9.17, 15) is 4.79 Å². The molecule has 1 saturated carbocycles. The summed E-state index contributed by atoms with van der Waals surface area (Å²) in [6.45, 7) is 0.671. The fraction of sp³-hybridized carbons (Fsp3) is 0.409. The second-order valence-corrected chi connectivity index (χ2v) is 7.20. The molecule has 3 heteroatoms. The molecule has 2 aromatic carbocycles. The summed E-state index contributed by atoms with van der Waals surface area (Å²) in [4.78, 5) is 15.2. The fourth-order valence-corrected chi connectivity index (χ4v) is 3.71. The normalized spacial score (nSPS) is 16.2. The first-order valence-electron chi connectivity index (χ1n) is 9.30. The van der Waals surface area contributed by atoms with Crippen molar-refractivity contribution >= 4 is 5.91 Å². The van der Waals surface area contributed by atoms with Gasteiger partial charge in [-0.05, 0) is 79.5 Å². The maximum Gasteiger partial charge on any atom is 0.254 e. The SMILES string of the molecule is COc1ccc(CN(C(=O)c2ccc3c(c2)CCCC3)C2CC2)cc1. The van der Waals surface area contributed by atoms with Gasteiger partial charge in [0.15, 0.2) is 0 Å². The predicted molar refractivity (Wildman–Crippen MR) is 99.0 cm³/mol. The van der Waals surface area contributed by atoms with Crippen LogP contribution in [-0.4, -0.2) is 24.0 Å². The molecule has 130 valence electrons. The van der Waals surface area contributed by atoms with Gasteiger partial charge in [-0.15, -0.1) is 0 Å². The molecule has 3 nitrogen and oxygen atoms in total. The number of methoxy groups -OCH3 is 1. The van der Waals surface area contributed by atoms with Crippen LogP contribution in [0.4, 0.5) is 0 Å². The van der Waals surface area contributed by atoms with E-state index in [0.717, 1.165) is 42.6 Å². The van der Waals surface area contributed by atoms with Gasteiger partial charge in [0.25, 0.3) is 5.91 Å². The summed E-state index contributed by atoms with van der Waals surface area (Å²) in [6.07, 6.45) is 7.01. The Hall–Kier alpha value is -2.29. The number of hydrogen-bond donors (Lipinski definition) is 0. The third-order valence-corrected chi connectivity index (χ3v) is 5.36. The Kier molecular flexibility index (Phi) is 4.48.